The molecule has 7 heteroatoms. The van der Waals surface area contributed by atoms with Crippen LogP contribution in [0, 0.1) is 6.92 Å². The number of anilines is 1. The number of rotatable bonds is 5. The molecule has 1 aromatic carbocycles. The zero-order chi connectivity index (χ0) is 16.4. The van der Waals surface area contributed by atoms with Crippen LogP contribution in [0.25, 0.3) is 0 Å². The van der Waals surface area contributed by atoms with E-state index in [0.29, 0.717) is 5.82 Å². The number of hydrogen-bond acceptors (Lipinski definition) is 4. The number of aromatic nitrogens is 1. The Morgan fingerprint density at radius 2 is 2.00 bits per heavy atom. The van der Waals surface area contributed by atoms with E-state index in [1.807, 2.05) is 13.0 Å². The van der Waals surface area contributed by atoms with Crippen LogP contribution in [-0.4, -0.2) is 25.4 Å². The van der Waals surface area contributed by atoms with Crippen LogP contribution in [0.15, 0.2) is 47.5 Å². The van der Waals surface area contributed by atoms with E-state index in [1.165, 1.54) is 12.1 Å². The molecule has 2 N–H and O–H groups in total. The number of sulfonamides is 1. The number of carbonyl (C=O) groups is 1. The maximum absolute atomic E-state index is 12.3. The Balaban J connectivity index is 1.81. The van der Waals surface area contributed by atoms with Gasteiger partial charge in [-0.05, 0) is 49.6 Å². The summed E-state index contributed by atoms with van der Waals surface area (Å²) in [4.78, 5) is 16.5. The number of pyridine rings is 1. The van der Waals surface area contributed by atoms with E-state index in [1.54, 1.807) is 24.4 Å². The van der Waals surface area contributed by atoms with Gasteiger partial charge in [-0.3, -0.25) is 4.79 Å². The second-order valence-corrected chi connectivity index (χ2v) is 7.26. The van der Waals surface area contributed by atoms with Crippen molar-refractivity contribution in [2.24, 2.45) is 0 Å². The summed E-state index contributed by atoms with van der Waals surface area (Å²) >= 11 is 0. The fraction of sp³-hybridized carbons (Fsp3) is 0.250. The van der Waals surface area contributed by atoms with Crippen LogP contribution in [0.4, 0.5) is 5.82 Å². The van der Waals surface area contributed by atoms with E-state index in [9.17, 15) is 13.2 Å². The Hall–Kier alpha value is -2.25. The molecule has 0 aliphatic heterocycles. The van der Waals surface area contributed by atoms with E-state index in [2.05, 4.69) is 15.0 Å². The summed E-state index contributed by atoms with van der Waals surface area (Å²) in [5.41, 5.74) is 1.11. The number of benzene rings is 1. The lowest BCUT2D eigenvalue weighted by molar-refractivity contribution is 0.102. The van der Waals surface area contributed by atoms with E-state index in [-0.39, 0.29) is 16.5 Å². The van der Waals surface area contributed by atoms with Crippen molar-refractivity contribution in [3.8, 4) is 0 Å². The topological polar surface area (TPSA) is 88.2 Å². The second kappa shape index (κ2) is 6.10. The Morgan fingerprint density at radius 1 is 1.22 bits per heavy atom. The minimum Gasteiger partial charge on any atom is -0.306 e. The van der Waals surface area contributed by atoms with Gasteiger partial charge in [0, 0.05) is 17.8 Å². The van der Waals surface area contributed by atoms with E-state index in [0.717, 1.165) is 18.4 Å². The van der Waals surface area contributed by atoms with Crippen molar-refractivity contribution in [2.45, 2.75) is 30.7 Å². The first kappa shape index (κ1) is 15.6. The third-order valence-corrected chi connectivity index (χ3v) is 5.07. The molecular weight excluding hydrogens is 314 g/mol. The predicted octanol–water partition coefficient (Wildman–Crippen LogP) is 2.08. The average Bonchev–Trinajstić information content (AvgIpc) is 3.33. The van der Waals surface area contributed by atoms with Gasteiger partial charge in [-0.15, -0.1) is 0 Å². The van der Waals surface area contributed by atoms with Crippen molar-refractivity contribution in [3.63, 3.8) is 0 Å². The fourth-order valence-electron chi connectivity index (χ4n) is 2.09. The first-order valence-corrected chi connectivity index (χ1v) is 8.79. The highest BCUT2D eigenvalue weighted by atomic mass is 32.2. The van der Waals surface area contributed by atoms with Gasteiger partial charge in [0.25, 0.3) is 5.91 Å². The third-order valence-electron chi connectivity index (χ3n) is 3.55. The molecular formula is C16H17N3O3S. The summed E-state index contributed by atoms with van der Waals surface area (Å²) in [6.45, 7) is 1.84. The van der Waals surface area contributed by atoms with E-state index in [4.69, 9.17) is 0 Å². The predicted molar refractivity (Wildman–Crippen MR) is 86.7 cm³/mol. The molecule has 0 spiro atoms. The monoisotopic (exact) mass is 331 g/mol. The second-order valence-electron chi connectivity index (χ2n) is 5.55. The highest BCUT2D eigenvalue weighted by molar-refractivity contribution is 7.89. The fourth-order valence-corrected chi connectivity index (χ4v) is 3.44. The molecule has 2 aromatic rings. The molecule has 1 fully saturated rings. The molecule has 120 valence electrons. The van der Waals surface area contributed by atoms with E-state index >= 15 is 0 Å². The Morgan fingerprint density at radius 3 is 2.70 bits per heavy atom. The number of hydrogen-bond donors (Lipinski definition) is 2. The molecule has 0 bridgehead atoms. The van der Waals surface area contributed by atoms with Gasteiger partial charge in [-0.1, -0.05) is 12.1 Å². The minimum atomic E-state index is -3.58. The number of aryl methyl sites for hydroxylation is 1. The average molecular weight is 331 g/mol. The first-order chi connectivity index (χ1) is 11.0. The quantitative estimate of drug-likeness (QED) is 0.878. The number of nitrogens with zero attached hydrogens (tertiary/aromatic N) is 1. The van der Waals surface area contributed by atoms with Crippen LogP contribution in [0.5, 0.6) is 0 Å². The van der Waals surface area contributed by atoms with Crippen LogP contribution < -0.4 is 10.0 Å². The van der Waals surface area contributed by atoms with Crippen molar-refractivity contribution < 1.29 is 13.2 Å². The van der Waals surface area contributed by atoms with Crippen molar-refractivity contribution >= 4 is 21.7 Å². The molecule has 3 rings (SSSR count). The molecule has 0 saturated heterocycles. The van der Waals surface area contributed by atoms with Crippen LogP contribution in [0.1, 0.15) is 28.8 Å². The molecule has 6 nitrogen and oxygen atoms in total. The van der Waals surface area contributed by atoms with Crippen LogP contribution in [0.3, 0.4) is 0 Å². The summed E-state index contributed by atoms with van der Waals surface area (Å²) in [5.74, 6) is 0.0668. The first-order valence-electron chi connectivity index (χ1n) is 7.31. The smallest absolute Gasteiger partial charge is 0.256 e. The number of carbonyl (C=O) groups excluding carboxylic acids is 1. The lowest BCUT2D eigenvalue weighted by atomic mass is 10.2. The molecule has 0 unspecified atom stereocenters. The lowest BCUT2D eigenvalue weighted by Gasteiger charge is -2.09. The summed E-state index contributed by atoms with van der Waals surface area (Å²) in [5, 5.41) is 2.69. The molecule has 1 saturated carbocycles. The molecule has 1 heterocycles. The maximum Gasteiger partial charge on any atom is 0.256 e. The molecule has 0 atom stereocenters. The molecule has 1 aliphatic rings. The van der Waals surface area contributed by atoms with Crippen molar-refractivity contribution in [3.05, 3.63) is 53.7 Å². The Kier molecular flexibility index (Phi) is 4.14. The highest BCUT2D eigenvalue weighted by Crippen LogP contribution is 2.22. The molecule has 23 heavy (non-hydrogen) atoms. The van der Waals surface area contributed by atoms with Crippen molar-refractivity contribution in [1.29, 1.82) is 0 Å². The molecule has 1 aliphatic carbocycles. The lowest BCUT2D eigenvalue weighted by Crippen LogP contribution is -2.26. The number of nitrogens with one attached hydrogen (secondary N) is 2. The van der Waals surface area contributed by atoms with Gasteiger partial charge in [0.2, 0.25) is 10.0 Å². The minimum absolute atomic E-state index is 0.0219. The van der Waals surface area contributed by atoms with Gasteiger partial charge in [0.15, 0.2) is 0 Å². The SMILES string of the molecule is Cc1cccnc1NC(=O)c1cccc(S(=O)(=O)NC2CC2)c1. The Bertz CT molecular complexity index is 845. The normalized spacial score (nSPS) is 14.5. The van der Waals surface area contributed by atoms with Crippen LogP contribution >= 0.6 is 0 Å². The Labute approximate surface area is 135 Å². The standard InChI is InChI=1S/C16H17N3O3S/c1-11-4-3-9-17-15(11)18-16(20)12-5-2-6-14(10-12)23(21,22)19-13-7-8-13/h2-6,9-10,13,19H,7-8H2,1H3,(H,17,18,20). The maximum atomic E-state index is 12.3. The molecule has 0 radical (unpaired) electrons. The van der Waals surface area contributed by atoms with Crippen LogP contribution in [0.2, 0.25) is 0 Å². The molecule has 1 aromatic heterocycles. The van der Waals surface area contributed by atoms with Crippen molar-refractivity contribution in [1.82, 2.24) is 9.71 Å². The number of amides is 1. The zero-order valence-corrected chi connectivity index (χ0v) is 13.4. The summed E-state index contributed by atoms with van der Waals surface area (Å²) in [6, 6.07) is 9.62. The summed E-state index contributed by atoms with van der Waals surface area (Å²) in [6.07, 6.45) is 3.31. The van der Waals surface area contributed by atoms with Gasteiger partial charge >= 0.3 is 0 Å². The van der Waals surface area contributed by atoms with Crippen molar-refractivity contribution in [2.75, 3.05) is 5.32 Å². The third kappa shape index (κ3) is 3.75. The zero-order valence-electron chi connectivity index (χ0n) is 12.6. The summed E-state index contributed by atoms with van der Waals surface area (Å²) < 4.78 is 27.0. The largest absolute Gasteiger partial charge is 0.306 e. The van der Waals surface area contributed by atoms with Gasteiger partial charge < -0.3 is 5.32 Å². The molecule has 1 amide bonds. The van der Waals surface area contributed by atoms with Crippen LogP contribution in [-0.2, 0) is 10.0 Å². The van der Waals surface area contributed by atoms with Gasteiger partial charge in [-0.2, -0.15) is 0 Å². The van der Waals surface area contributed by atoms with Gasteiger partial charge in [0.05, 0.1) is 4.90 Å². The highest BCUT2D eigenvalue weighted by Gasteiger charge is 2.28. The van der Waals surface area contributed by atoms with E-state index < -0.39 is 15.9 Å². The van der Waals surface area contributed by atoms with Gasteiger partial charge in [0.1, 0.15) is 5.82 Å². The van der Waals surface area contributed by atoms with Gasteiger partial charge in [-0.25, -0.2) is 18.1 Å². The summed E-state index contributed by atoms with van der Waals surface area (Å²) in [7, 11) is -3.58.